The van der Waals surface area contributed by atoms with Gasteiger partial charge < -0.3 is 23.8 Å². The van der Waals surface area contributed by atoms with Crippen LogP contribution in [0.5, 0.6) is 0 Å². The first-order chi connectivity index (χ1) is 14.5. The number of rotatable bonds is 8. The molecule has 0 bridgehead atoms. The van der Waals surface area contributed by atoms with Crippen LogP contribution < -0.4 is 0 Å². The van der Waals surface area contributed by atoms with E-state index in [1.165, 1.54) is 12.1 Å². The van der Waals surface area contributed by atoms with Gasteiger partial charge in [-0.3, -0.25) is 9.46 Å². The zero-order valence-electron chi connectivity index (χ0n) is 18.9. The van der Waals surface area contributed by atoms with Crippen LogP contribution in [-0.2, 0) is 18.3 Å². The van der Waals surface area contributed by atoms with Crippen LogP contribution in [0.25, 0.3) is 0 Å². The molecule has 0 saturated carbocycles. The Labute approximate surface area is 183 Å². The van der Waals surface area contributed by atoms with Crippen LogP contribution in [0.4, 0.5) is 4.79 Å². The van der Waals surface area contributed by atoms with Crippen LogP contribution in [0, 0.1) is 0 Å². The highest BCUT2D eigenvalue weighted by Crippen LogP contribution is 2.62. The number of amides is 1. The van der Waals surface area contributed by atoms with Crippen molar-refractivity contribution in [2.24, 2.45) is 0 Å². The van der Waals surface area contributed by atoms with Crippen LogP contribution in [-0.4, -0.2) is 72.0 Å². The first kappa shape index (κ1) is 25.3. The summed E-state index contributed by atoms with van der Waals surface area (Å²) in [6.45, 7) is 11.0. The summed E-state index contributed by atoms with van der Waals surface area (Å²) in [5, 5.41) is 9.19. The average Bonchev–Trinajstić information content (AvgIpc) is 2.68. The Morgan fingerprint density at radius 2 is 1.55 bits per heavy atom. The fourth-order valence-electron chi connectivity index (χ4n) is 3.41. The minimum absolute atomic E-state index is 0.139. The zero-order valence-corrected chi connectivity index (χ0v) is 19.8. The predicted octanol–water partition coefficient (Wildman–Crippen LogP) is 4.20. The summed E-state index contributed by atoms with van der Waals surface area (Å²) in [7, 11) is -3.59. The number of carbonyl (C=O) groups excluding carboxylic acids is 1. The molecule has 31 heavy (non-hydrogen) atoms. The number of hydrogen-bond donors (Lipinski definition) is 1. The lowest BCUT2D eigenvalue weighted by Crippen LogP contribution is -2.50. The lowest BCUT2D eigenvalue weighted by molar-refractivity contribution is 0.0121. The molecule has 1 unspecified atom stereocenters. The van der Waals surface area contributed by atoms with Crippen molar-refractivity contribution in [2.45, 2.75) is 46.0 Å². The van der Waals surface area contributed by atoms with Crippen molar-refractivity contribution in [1.29, 1.82) is 0 Å². The Morgan fingerprint density at radius 3 is 1.97 bits per heavy atom. The highest BCUT2D eigenvalue weighted by atomic mass is 31.2. The molecule has 2 rings (SSSR count). The van der Waals surface area contributed by atoms with Crippen molar-refractivity contribution in [2.75, 3.05) is 39.4 Å². The van der Waals surface area contributed by atoms with Crippen molar-refractivity contribution in [3.05, 3.63) is 35.4 Å². The number of carboxylic acids is 1. The lowest BCUT2D eigenvalue weighted by Gasteiger charge is -2.41. The van der Waals surface area contributed by atoms with E-state index < -0.39 is 24.9 Å². The van der Waals surface area contributed by atoms with E-state index in [0.29, 0.717) is 31.7 Å². The van der Waals surface area contributed by atoms with Gasteiger partial charge in [0.15, 0.2) is 0 Å². The maximum Gasteiger partial charge on any atom is 0.410 e. The van der Waals surface area contributed by atoms with Crippen LogP contribution in [0.3, 0.4) is 0 Å². The van der Waals surface area contributed by atoms with E-state index in [-0.39, 0.29) is 24.9 Å². The second kappa shape index (κ2) is 10.6. The smallest absolute Gasteiger partial charge is 0.410 e. The SMILES string of the molecule is CCOP(=O)(OCC)C(c1ccc(C(=O)O)cc1)N1CCN(C(=O)OC(C)(C)C)CC1. The fourth-order valence-corrected chi connectivity index (χ4v) is 5.65. The molecule has 1 aromatic carbocycles. The standard InChI is InChI=1S/C21H33N2O7P/c1-6-28-31(27,29-7-2)18(16-8-10-17(11-9-16)19(24)25)22-12-14-23(15-13-22)20(26)30-21(3,4)5/h8-11,18H,6-7,12-15H2,1-5H3,(H,24,25). The van der Waals surface area contributed by atoms with Gasteiger partial charge in [-0.05, 0) is 52.3 Å². The van der Waals surface area contributed by atoms with Gasteiger partial charge in [0, 0.05) is 26.2 Å². The number of nitrogens with zero attached hydrogens (tertiary/aromatic N) is 2. The van der Waals surface area contributed by atoms with Crippen molar-refractivity contribution in [3.63, 3.8) is 0 Å². The predicted molar refractivity (Wildman–Crippen MR) is 116 cm³/mol. The Hall–Kier alpha value is -1.93. The molecule has 1 saturated heterocycles. The third kappa shape index (κ3) is 6.77. The van der Waals surface area contributed by atoms with E-state index in [1.807, 2.05) is 25.7 Å². The molecule has 0 aromatic heterocycles. The minimum atomic E-state index is -3.59. The largest absolute Gasteiger partial charge is 0.478 e. The second-order valence-corrected chi connectivity index (χ2v) is 10.3. The molecule has 9 nitrogen and oxygen atoms in total. The summed E-state index contributed by atoms with van der Waals surface area (Å²) >= 11 is 0. The molecule has 10 heteroatoms. The highest BCUT2D eigenvalue weighted by Gasteiger charge is 2.42. The molecule has 174 valence electrons. The van der Waals surface area contributed by atoms with E-state index in [9.17, 15) is 19.3 Å². The van der Waals surface area contributed by atoms with E-state index in [1.54, 1.807) is 30.9 Å². The number of carbonyl (C=O) groups is 2. The quantitative estimate of drug-likeness (QED) is 0.580. The fraction of sp³-hybridized carbons (Fsp3) is 0.619. The van der Waals surface area contributed by atoms with Crippen molar-refractivity contribution in [3.8, 4) is 0 Å². The summed E-state index contributed by atoms with van der Waals surface area (Å²) in [6, 6.07) is 6.23. The Balaban J connectivity index is 2.28. The summed E-state index contributed by atoms with van der Waals surface area (Å²) < 4.78 is 30.4. The van der Waals surface area contributed by atoms with Gasteiger partial charge in [-0.25, -0.2) is 9.59 Å². The average molecular weight is 456 g/mol. The molecule has 1 N–H and O–H groups in total. The summed E-state index contributed by atoms with van der Waals surface area (Å²) in [4.78, 5) is 27.2. The number of benzene rings is 1. The van der Waals surface area contributed by atoms with Crippen LogP contribution >= 0.6 is 7.60 Å². The summed E-state index contributed by atoms with van der Waals surface area (Å²) in [6.07, 6.45) is -0.382. The number of ether oxygens (including phenoxy) is 1. The topological polar surface area (TPSA) is 106 Å². The molecule has 0 radical (unpaired) electrons. The maximum absolute atomic E-state index is 13.7. The number of hydrogen-bond acceptors (Lipinski definition) is 7. The van der Waals surface area contributed by atoms with Crippen molar-refractivity contribution >= 4 is 19.7 Å². The van der Waals surface area contributed by atoms with Gasteiger partial charge in [-0.2, -0.15) is 0 Å². The molecular formula is C21H33N2O7P. The normalized spacial score (nSPS) is 16.7. The highest BCUT2D eigenvalue weighted by molar-refractivity contribution is 7.54. The van der Waals surface area contributed by atoms with Crippen LogP contribution in [0.1, 0.15) is 56.3 Å². The van der Waals surface area contributed by atoms with E-state index in [0.717, 1.165) is 0 Å². The lowest BCUT2D eigenvalue weighted by atomic mass is 10.1. The van der Waals surface area contributed by atoms with Crippen LogP contribution in [0.15, 0.2) is 24.3 Å². The van der Waals surface area contributed by atoms with Crippen LogP contribution in [0.2, 0.25) is 0 Å². The van der Waals surface area contributed by atoms with Gasteiger partial charge in [0.1, 0.15) is 11.4 Å². The number of carboxylic acid groups (broad SMARTS) is 1. The summed E-state index contributed by atoms with van der Waals surface area (Å²) in [5.41, 5.74) is 0.197. The van der Waals surface area contributed by atoms with Crippen molar-refractivity contribution < 1.29 is 33.0 Å². The first-order valence-electron chi connectivity index (χ1n) is 10.4. The molecule has 1 amide bonds. The number of piperazine rings is 1. The van der Waals surface area contributed by atoms with Crippen molar-refractivity contribution in [1.82, 2.24) is 9.80 Å². The monoisotopic (exact) mass is 456 g/mol. The molecule has 1 aliphatic heterocycles. The Morgan fingerprint density at radius 1 is 1.03 bits per heavy atom. The maximum atomic E-state index is 13.7. The minimum Gasteiger partial charge on any atom is -0.478 e. The Kier molecular flexibility index (Phi) is 8.65. The number of aromatic carboxylic acids is 1. The van der Waals surface area contributed by atoms with Gasteiger partial charge >= 0.3 is 19.7 Å². The Bertz CT molecular complexity index is 789. The van der Waals surface area contributed by atoms with Gasteiger partial charge in [-0.1, -0.05) is 12.1 Å². The molecule has 1 aliphatic rings. The van der Waals surface area contributed by atoms with Gasteiger partial charge in [0.2, 0.25) is 0 Å². The second-order valence-electron chi connectivity index (χ2n) is 8.18. The van der Waals surface area contributed by atoms with Gasteiger partial charge in [0.05, 0.1) is 18.8 Å². The molecule has 1 aromatic rings. The first-order valence-corrected chi connectivity index (χ1v) is 12.1. The molecule has 1 atom stereocenters. The molecule has 1 heterocycles. The zero-order chi connectivity index (χ0) is 23.2. The summed E-state index contributed by atoms with van der Waals surface area (Å²) in [5.74, 6) is -1.75. The van der Waals surface area contributed by atoms with Gasteiger partial charge in [0.25, 0.3) is 0 Å². The van der Waals surface area contributed by atoms with E-state index in [4.69, 9.17) is 13.8 Å². The molecular weight excluding hydrogens is 423 g/mol. The third-order valence-corrected chi connectivity index (χ3v) is 7.15. The van der Waals surface area contributed by atoms with E-state index >= 15 is 0 Å². The van der Waals surface area contributed by atoms with Gasteiger partial charge in [-0.15, -0.1) is 0 Å². The molecule has 0 aliphatic carbocycles. The molecule has 1 fully saturated rings. The third-order valence-electron chi connectivity index (χ3n) is 4.69. The molecule has 0 spiro atoms. The van der Waals surface area contributed by atoms with E-state index in [2.05, 4.69) is 0 Å².